The summed E-state index contributed by atoms with van der Waals surface area (Å²) in [5.74, 6) is -0.357. The Balaban J connectivity index is 2.54. The summed E-state index contributed by atoms with van der Waals surface area (Å²) >= 11 is 4.80. The minimum atomic E-state index is -0.357. The second-order valence-electron chi connectivity index (χ2n) is 3.47. The first kappa shape index (κ1) is 13.6. The zero-order valence-corrected chi connectivity index (χ0v) is 10.5. The molecule has 1 rings (SSSR count). The fraction of sp³-hybridized carbons (Fsp3) is 0.333. The van der Waals surface area contributed by atoms with Crippen molar-refractivity contribution >= 4 is 23.2 Å². The molecule has 0 amide bonds. The summed E-state index contributed by atoms with van der Waals surface area (Å²) < 4.78 is 9.76. The van der Waals surface area contributed by atoms with Gasteiger partial charge in [0, 0.05) is 13.5 Å². The highest BCUT2D eigenvalue weighted by Gasteiger charge is 2.06. The van der Waals surface area contributed by atoms with Gasteiger partial charge in [-0.2, -0.15) is 0 Å². The lowest BCUT2D eigenvalue weighted by molar-refractivity contribution is 0.0388. The molecule has 1 aromatic carbocycles. The quantitative estimate of drug-likeness (QED) is 0.470. The summed E-state index contributed by atoms with van der Waals surface area (Å²) in [5, 5.41) is 0. The van der Waals surface area contributed by atoms with Crippen molar-refractivity contribution in [2.24, 2.45) is 5.73 Å². The van der Waals surface area contributed by atoms with Gasteiger partial charge in [0.05, 0.1) is 17.2 Å². The van der Waals surface area contributed by atoms with Gasteiger partial charge in [0.2, 0.25) is 0 Å². The van der Waals surface area contributed by atoms with Gasteiger partial charge in [-0.1, -0.05) is 24.4 Å². The Bertz CT molecular complexity index is 389. The molecule has 0 bridgehead atoms. The van der Waals surface area contributed by atoms with Crippen LogP contribution in [0.2, 0.25) is 0 Å². The van der Waals surface area contributed by atoms with E-state index in [4.69, 9.17) is 27.4 Å². The van der Waals surface area contributed by atoms with Crippen LogP contribution in [0, 0.1) is 0 Å². The van der Waals surface area contributed by atoms with Crippen molar-refractivity contribution in [3.8, 4) is 0 Å². The van der Waals surface area contributed by atoms with E-state index in [1.807, 2.05) is 12.1 Å². The molecule has 0 aromatic heterocycles. The SMILES string of the molecule is COCCOC(=O)c1ccc(CC(N)=S)cc1. The maximum atomic E-state index is 11.5. The van der Waals surface area contributed by atoms with E-state index in [-0.39, 0.29) is 12.6 Å². The minimum absolute atomic E-state index is 0.254. The molecule has 92 valence electrons. The van der Waals surface area contributed by atoms with E-state index in [0.717, 1.165) is 5.56 Å². The molecule has 0 aliphatic rings. The van der Waals surface area contributed by atoms with Crippen LogP contribution in [0.5, 0.6) is 0 Å². The van der Waals surface area contributed by atoms with E-state index in [1.54, 1.807) is 19.2 Å². The van der Waals surface area contributed by atoms with Crippen LogP contribution < -0.4 is 5.73 Å². The zero-order chi connectivity index (χ0) is 12.7. The molecule has 0 heterocycles. The molecule has 4 nitrogen and oxygen atoms in total. The van der Waals surface area contributed by atoms with Gasteiger partial charge < -0.3 is 15.2 Å². The van der Waals surface area contributed by atoms with E-state index >= 15 is 0 Å². The van der Waals surface area contributed by atoms with Crippen LogP contribution in [0.15, 0.2) is 24.3 Å². The molecule has 0 saturated heterocycles. The molecule has 17 heavy (non-hydrogen) atoms. The lowest BCUT2D eigenvalue weighted by Gasteiger charge is -2.05. The highest BCUT2D eigenvalue weighted by molar-refractivity contribution is 7.80. The minimum Gasteiger partial charge on any atom is -0.460 e. The van der Waals surface area contributed by atoms with Gasteiger partial charge in [0.1, 0.15) is 6.61 Å². The monoisotopic (exact) mass is 253 g/mol. The van der Waals surface area contributed by atoms with E-state index in [9.17, 15) is 4.79 Å². The summed E-state index contributed by atoms with van der Waals surface area (Å²) in [6.45, 7) is 0.648. The second-order valence-corrected chi connectivity index (χ2v) is 3.99. The lowest BCUT2D eigenvalue weighted by Crippen LogP contribution is -2.12. The zero-order valence-electron chi connectivity index (χ0n) is 9.64. The third-order valence-corrected chi connectivity index (χ3v) is 2.23. The fourth-order valence-corrected chi connectivity index (χ4v) is 1.43. The average molecular weight is 253 g/mol. The summed E-state index contributed by atoms with van der Waals surface area (Å²) in [5.41, 5.74) is 6.91. The lowest BCUT2D eigenvalue weighted by atomic mass is 10.1. The first-order valence-electron chi connectivity index (χ1n) is 5.17. The number of ether oxygens (including phenoxy) is 2. The summed E-state index contributed by atoms with van der Waals surface area (Å²) in [7, 11) is 1.55. The summed E-state index contributed by atoms with van der Waals surface area (Å²) in [6, 6.07) is 7.02. The van der Waals surface area contributed by atoms with Crippen LogP contribution in [-0.4, -0.2) is 31.3 Å². The van der Waals surface area contributed by atoms with Gasteiger partial charge in [-0.25, -0.2) is 4.79 Å². The molecule has 0 spiro atoms. The number of carbonyl (C=O) groups excluding carboxylic acids is 1. The molecular formula is C12H15NO3S. The number of thiocarbonyl (C=S) groups is 1. The van der Waals surface area contributed by atoms with Crippen molar-refractivity contribution in [3.05, 3.63) is 35.4 Å². The fourth-order valence-electron chi connectivity index (χ4n) is 1.26. The number of methoxy groups -OCH3 is 1. The van der Waals surface area contributed by atoms with E-state index in [2.05, 4.69) is 0 Å². The molecule has 0 aliphatic heterocycles. The molecule has 0 unspecified atom stereocenters. The topological polar surface area (TPSA) is 61.5 Å². The number of rotatable bonds is 6. The van der Waals surface area contributed by atoms with Gasteiger partial charge in [-0.3, -0.25) is 0 Å². The van der Waals surface area contributed by atoms with Crippen LogP contribution in [0.3, 0.4) is 0 Å². The molecule has 2 N–H and O–H groups in total. The van der Waals surface area contributed by atoms with E-state index in [1.165, 1.54) is 0 Å². The van der Waals surface area contributed by atoms with Crippen molar-refractivity contribution in [2.45, 2.75) is 6.42 Å². The Labute approximate surface area is 106 Å². The Morgan fingerprint density at radius 3 is 2.47 bits per heavy atom. The molecule has 0 saturated carbocycles. The van der Waals surface area contributed by atoms with Crippen molar-refractivity contribution < 1.29 is 14.3 Å². The molecular weight excluding hydrogens is 238 g/mol. The molecule has 0 radical (unpaired) electrons. The second kappa shape index (κ2) is 6.98. The maximum absolute atomic E-state index is 11.5. The summed E-state index contributed by atoms with van der Waals surface area (Å²) in [4.78, 5) is 12.0. The predicted octanol–water partition coefficient (Wildman–Crippen LogP) is 1.32. The van der Waals surface area contributed by atoms with Crippen molar-refractivity contribution in [1.82, 2.24) is 0 Å². The van der Waals surface area contributed by atoms with Crippen LogP contribution in [0.4, 0.5) is 0 Å². The largest absolute Gasteiger partial charge is 0.460 e. The van der Waals surface area contributed by atoms with Gasteiger partial charge in [-0.05, 0) is 17.7 Å². The Morgan fingerprint density at radius 1 is 1.29 bits per heavy atom. The number of benzene rings is 1. The van der Waals surface area contributed by atoms with E-state index in [0.29, 0.717) is 23.6 Å². The molecule has 0 aliphatic carbocycles. The number of nitrogens with two attached hydrogens (primary N) is 1. The predicted molar refractivity (Wildman–Crippen MR) is 69.1 cm³/mol. The van der Waals surface area contributed by atoms with Gasteiger partial charge in [0.15, 0.2) is 0 Å². The molecule has 5 heteroatoms. The van der Waals surface area contributed by atoms with Gasteiger partial charge in [-0.15, -0.1) is 0 Å². The van der Waals surface area contributed by atoms with Crippen molar-refractivity contribution in [1.29, 1.82) is 0 Å². The number of hydrogen-bond donors (Lipinski definition) is 1. The van der Waals surface area contributed by atoms with Crippen LogP contribution in [0.25, 0.3) is 0 Å². The number of hydrogen-bond acceptors (Lipinski definition) is 4. The van der Waals surface area contributed by atoms with E-state index < -0.39 is 0 Å². The van der Waals surface area contributed by atoms with Crippen LogP contribution >= 0.6 is 12.2 Å². The van der Waals surface area contributed by atoms with Crippen LogP contribution in [0.1, 0.15) is 15.9 Å². The highest BCUT2D eigenvalue weighted by atomic mass is 32.1. The Kier molecular flexibility index (Phi) is 5.59. The molecule has 0 fully saturated rings. The molecule has 1 aromatic rings. The third kappa shape index (κ3) is 4.93. The highest BCUT2D eigenvalue weighted by Crippen LogP contribution is 2.06. The van der Waals surface area contributed by atoms with Gasteiger partial charge >= 0.3 is 5.97 Å². The first-order chi connectivity index (χ1) is 8.13. The standard InChI is InChI=1S/C12H15NO3S/c1-15-6-7-16-12(14)10-4-2-9(3-5-10)8-11(13)17/h2-5H,6-8H2,1H3,(H2,13,17). The van der Waals surface area contributed by atoms with Gasteiger partial charge in [0.25, 0.3) is 0 Å². The number of esters is 1. The smallest absolute Gasteiger partial charge is 0.338 e. The third-order valence-electron chi connectivity index (χ3n) is 2.09. The maximum Gasteiger partial charge on any atom is 0.338 e. The van der Waals surface area contributed by atoms with Crippen molar-refractivity contribution in [2.75, 3.05) is 20.3 Å². The van der Waals surface area contributed by atoms with Crippen molar-refractivity contribution in [3.63, 3.8) is 0 Å². The normalized spacial score (nSPS) is 9.94. The first-order valence-corrected chi connectivity index (χ1v) is 5.57. The average Bonchev–Trinajstić information content (AvgIpc) is 2.29. The Morgan fingerprint density at radius 2 is 1.94 bits per heavy atom. The number of carbonyl (C=O) groups is 1. The summed E-state index contributed by atoms with van der Waals surface area (Å²) in [6.07, 6.45) is 0.536. The Hall–Kier alpha value is -1.46. The molecule has 0 atom stereocenters. The van der Waals surface area contributed by atoms with Crippen LogP contribution in [-0.2, 0) is 15.9 Å².